The molecule has 2 atom stereocenters. The number of aliphatic imine (C=N–C) groups is 1. The Morgan fingerprint density at radius 3 is 3.05 bits per heavy atom. The lowest BCUT2D eigenvalue weighted by atomic mass is 10.5. The zero-order chi connectivity index (χ0) is 14.7. The average molecular weight is 286 g/mol. The molecule has 0 radical (unpaired) electrons. The van der Waals surface area contributed by atoms with E-state index in [0.29, 0.717) is 0 Å². The molecule has 0 aliphatic carbocycles. The van der Waals surface area contributed by atoms with Crippen LogP contribution in [0.1, 0.15) is 6.23 Å². The molecule has 8 nitrogen and oxygen atoms in total. The molecule has 0 unspecified atom stereocenters. The summed E-state index contributed by atoms with van der Waals surface area (Å²) in [5.41, 5.74) is -0.704. The number of aromatic nitrogens is 2. The van der Waals surface area contributed by atoms with Gasteiger partial charge in [0.1, 0.15) is 0 Å². The molecule has 110 valence electrons. The van der Waals surface area contributed by atoms with Gasteiger partial charge in [0.25, 0.3) is 0 Å². The summed E-state index contributed by atoms with van der Waals surface area (Å²) in [4.78, 5) is 20.7. The highest BCUT2D eigenvalue weighted by molar-refractivity contribution is 5.58. The third kappa shape index (κ3) is 3.18. The highest BCUT2D eigenvalue weighted by atomic mass is 19.1. The molecule has 0 amide bonds. The van der Waals surface area contributed by atoms with Gasteiger partial charge in [0.05, 0.1) is 25.7 Å². The summed E-state index contributed by atoms with van der Waals surface area (Å²) in [6.45, 7) is -0.307. The largest absolute Gasteiger partial charge is 0.391 e. The number of rotatable bonds is 4. The smallest absolute Gasteiger partial charge is 0.351 e. The Morgan fingerprint density at radius 1 is 1.70 bits per heavy atom. The zero-order valence-electron chi connectivity index (χ0n) is 11.1. The minimum absolute atomic E-state index is 0.0343. The van der Waals surface area contributed by atoms with Gasteiger partial charge >= 0.3 is 5.69 Å². The molecule has 20 heavy (non-hydrogen) atoms. The number of halogens is 1. The SMILES string of the molecule is CN(C)/C=N/c1nc(=O)n([C@@H]2CO[C@H](CO)O2)cc1F. The van der Waals surface area contributed by atoms with E-state index in [4.69, 9.17) is 14.6 Å². The first-order valence-corrected chi connectivity index (χ1v) is 5.88. The lowest BCUT2D eigenvalue weighted by molar-refractivity contribution is -0.0993. The third-order valence-corrected chi connectivity index (χ3v) is 2.49. The molecular formula is C11H15FN4O4. The van der Waals surface area contributed by atoms with Crippen molar-refractivity contribution in [2.75, 3.05) is 27.3 Å². The van der Waals surface area contributed by atoms with Crippen LogP contribution in [0.25, 0.3) is 0 Å². The van der Waals surface area contributed by atoms with Gasteiger partial charge in [0.2, 0.25) is 0 Å². The average Bonchev–Trinajstić information content (AvgIpc) is 2.87. The monoisotopic (exact) mass is 286 g/mol. The fourth-order valence-corrected chi connectivity index (χ4v) is 1.59. The normalized spacial score (nSPS) is 22.6. The fourth-order valence-electron chi connectivity index (χ4n) is 1.59. The van der Waals surface area contributed by atoms with Gasteiger partial charge in [-0.3, -0.25) is 4.57 Å². The maximum absolute atomic E-state index is 13.8. The fraction of sp³-hybridized carbons (Fsp3) is 0.545. The van der Waals surface area contributed by atoms with Crippen molar-refractivity contribution in [3.8, 4) is 0 Å². The van der Waals surface area contributed by atoms with Crippen LogP contribution in [-0.4, -0.2) is 59.5 Å². The minimum Gasteiger partial charge on any atom is -0.391 e. The van der Waals surface area contributed by atoms with Crippen LogP contribution < -0.4 is 5.69 Å². The number of aliphatic hydroxyl groups is 1. The van der Waals surface area contributed by atoms with Crippen LogP contribution in [0, 0.1) is 5.82 Å². The van der Waals surface area contributed by atoms with Crippen LogP contribution >= 0.6 is 0 Å². The summed E-state index contributed by atoms with van der Waals surface area (Å²) in [7, 11) is 3.42. The maximum atomic E-state index is 13.8. The molecule has 0 spiro atoms. The number of ether oxygens (including phenoxy) is 2. The standard InChI is InChI=1S/C11H15FN4O4/c1-15(2)6-13-10-7(12)3-16(11(18)14-10)8-5-19-9(4-17)20-8/h3,6,8-9,17H,4-5H2,1-2H3/b13-6+/t8-,9-/m0/s1. The van der Waals surface area contributed by atoms with E-state index in [9.17, 15) is 9.18 Å². The molecule has 1 aromatic heterocycles. The van der Waals surface area contributed by atoms with Crippen molar-refractivity contribution >= 4 is 12.2 Å². The molecular weight excluding hydrogens is 271 g/mol. The Hall–Kier alpha value is -1.84. The highest BCUT2D eigenvalue weighted by Gasteiger charge is 2.28. The van der Waals surface area contributed by atoms with E-state index in [2.05, 4.69) is 9.98 Å². The summed E-state index contributed by atoms with van der Waals surface area (Å²) in [5.74, 6) is -1.05. The molecule has 0 bridgehead atoms. The van der Waals surface area contributed by atoms with Gasteiger partial charge in [-0.05, 0) is 0 Å². The van der Waals surface area contributed by atoms with E-state index in [-0.39, 0.29) is 19.0 Å². The summed E-state index contributed by atoms with van der Waals surface area (Å²) >= 11 is 0. The van der Waals surface area contributed by atoms with Crippen LogP contribution in [-0.2, 0) is 9.47 Å². The Kier molecular flexibility index (Phi) is 4.42. The predicted octanol–water partition coefficient (Wildman–Crippen LogP) is -0.532. The Balaban J connectivity index is 2.25. The van der Waals surface area contributed by atoms with Crippen molar-refractivity contribution in [3.05, 3.63) is 22.5 Å². The number of aliphatic hydroxyl groups excluding tert-OH is 1. The molecule has 2 heterocycles. The van der Waals surface area contributed by atoms with Gasteiger partial charge in [-0.1, -0.05) is 0 Å². The van der Waals surface area contributed by atoms with Crippen molar-refractivity contribution in [1.29, 1.82) is 0 Å². The molecule has 9 heteroatoms. The van der Waals surface area contributed by atoms with Crippen molar-refractivity contribution in [2.24, 2.45) is 4.99 Å². The Labute approximate surface area is 114 Å². The van der Waals surface area contributed by atoms with Gasteiger partial charge < -0.3 is 19.5 Å². The molecule has 1 aromatic rings. The van der Waals surface area contributed by atoms with Crippen LogP contribution in [0.5, 0.6) is 0 Å². The Bertz CT molecular complexity index is 560. The van der Waals surface area contributed by atoms with Crippen molar-refractivity contribution in [2.45, 2.75) is 12.5 Å². The number of hydrogen-bond acceptors (Lipinski definition) is 6. The topological polar surface area (TPSA) is 89.2 Å². The van der Waals surface area contributed by atoms with Gasteiger partial charge in [0.15, 0.2) is 24.2 Å². The molecule has 1 fully saturated rings. The van der Waals surface area contributed by atoms with Gasteiger partial charge in [-0.25, -0.2) is 14.2 Å². The molecule has 1 saturated heterocycles. The maximum Gasteiger partial charge on any atom is 0.351 e. The lowest BCUT2D eigenvalue weighted by Crippen LogP contribution is -2.29. The first-order chi connectivity index (χ1) is 9.51. The molecule has 1 aliphatic rings. The number of nitrogens with zero attached hydrogens (tertiary/aromatic N) is 4. The van der Waals surface area contributed by atoms with Crippen molar-refractivity contribution in [1.82, 2.24) is 14.5 Å². The summed E-state index contributed by atoms with van der Waals surface area (Å²) in [6.07, 6.45) is 0.673. The first-order valence-electron chi connectivity index (χ1n) is 5.88. The van der Waals surface area contributed by atoms with E-state index in [1.807, 2.05) is 0 Å². The summed E-state index contributed by atoms with van der Waals surface area (Å²) in [5, 5.41) is 8.87. The second-order valence-corrected chi connectivity index (χ2v) is 4.35. The number of hydrogen-bond donors (Lipinski definition) is 1. The van der Waals surface area contributed by atoms with Crippen LogP contribution in [0.3, 0.4) is 0 Å². The van der Waals surface area contributed by atoms with Crippen LogP contribution in [0.2, 0.25) is 0 Å². The van der Waals surface area contributed by atoms with Gasteiger partial charge in [-0.15, -0.1) is 0 Å². The molecule has 2 rings (SSSR count). The molecule has 1 aliphatic heterocycles. The summed E-state index contributed by atoms with van der Waals surface area (Å²) < 4.78 is 25.0. The Morgan fingerprint density at radius 2 is 2.45 bits per heavy atom. The zero-order valence-corrected chi connectivity index (χ0v) is 11.1. The minimum atomic E-state index is -0.818. The first kappa shape index (κ1) is 14.6. The van der Waals surface area contributed by atoms with E-state index in [0.717, 1.165) is 10.8 Å². The second-order valence-electron chi connectivity index (χ2n) is 4.35. The van der Waals surface area contributed by atoms with Gasteiger partial charge in [0, 0.05) is 14.1 Å². The van der Waals surface area contributed by atoms with E-state index in [1.54, 1.807) is 19.0 Å². The van der Waals surface area contributed by atoms with Gasteiger partial charge in [-0.2, -0.15) is 4.98 Å². The predicted molar refractivity (Wildman–Crippen MR) is 67.2 cm³/mol. The second kappa shape index (κ2) is 6.07. The molecule has 0 saturated carbocycles. The molecule has 0 aromatic carbocycles. The molecule has 1 N–H and O–H groups in total. The highest BCUT2D eigenvalue weighted by Crippen LogP contribution is 2.20. The quantitative estimate of drug-likeness (QED) is 0.591. The van der Waals surface area contributed by atoms with Crippen molar-refractivity contribution < 1.29 is 19.0 Å². The van der Waals surface area contributed by atoms with E-state index >= 15 is 0 Å². The van der Waals surface area contributed by atoms with Crippen LogP contribution in [0.15, 0.2) is 16.0 Å². The van der Waals surface area contributed by atoms with E-state index in [1.165, 1.54) is 6.34 Å². The van der Waals surface area contributed by atoms with Crippen molar-refractivity contribution in [3.63, 3.8) is 0 Å². The van der Waals surface area contributed by atoms with E-state index < -0.39 is 24.0 Å². The summed E-state index contributed by atoms with van der Waals surface area (Å²) in [6, 6.07) is 0. The third-order valence-electron chi connectivity index (χ3n) is 2.49. The van der Waals surface area contributed by atoms with Crippen LogP contribution in [0.4, 0.5) is 10.2 Å². The lowest BCUT2D eigenvalue weighted by Gasteiger charge is -2.12.